The van der Waals surface area contributed by atoms with Gasteiger partial charge >= 0.3 is 0 Å². The molecule has 2 nitrogen and oxygen atoms in total. The SMILES string of the molecule is C[N+]1=C2/C(=C/[C]3[CH][CH][CH][CH]3)CCCC2C([C]2[CH][CH][CH][CH]2)=N1.[CH]1[CH][CH][CH][CH]1.[CH]1[CH][CH][CH][CH]1.[Fe].[Fe]. The fraction of sp³-hybridized carbons (Fsp3) is 0.172. The summed E-state index contributed by atoms with van der Waals surface area (Å²) in [7, 11) is 2.09. The van der Waals surface area contributed by atoms with Gasteiger partial charge in [0.05, 0.1) is 5.92 Å². The van der Waals surface area contributed by atoms with Crippen LogP contribution in [0.3, 0.4) is 0 Å². The Morgan fingerprint density at radius 1 is 0.727 bits per heavy atom. The number of hydrogen-bond acceptors (Lipinski definition) is 1. The fourth-order valence-corrected chi connectivity index (χ4v) is 4.25. The molecule has 5 aliphatic carbocycles. The maximum absolute atomic E-state index is 4.83. The number of allylic oxidation sites excluding steroid dienone is 2. The molecule has 0 aromatic heterocycles. The van der Waals surface area contributed by atoms with Crippen LogP contribution in [-0.4, -0.2) is 23.2 Å². The monoisotopic (exact) mass is 517 g/mol. The van der Waals surface area contributed by atoms with Crippen LogP contribution < -0.4 is 0 Å². The summed E-state index contributed by atoms with van der Waals surface area (Å²) >= 11 is 0. The van der Waals surface area contributed by atoms with E-state index >= 15 is 0 Å². The van der Waals surface area contributed by atoms with E-state index in [4.69, 9.17) is 5.10 Å². The fourth-order valence-electron chi connectivity index (χ4n) is 4.25. The molecule has 1 atom stereocenters. The third-order valence-corrected chi connectivity index (χ3v) is 5.63. The minimum atomic E-state index is 0. The first-order valence-electron chi connectivity index (χ1n) is 11.0. The van der Waals surface area contributed by atoms with Gasteiger partial charge in [-0.2, -0.15) is 0 Å². The molecule has 4 heteroatoms. The first-order chi connectivity index (χ1) is 15.3. The minimum Gasteiger partial charge on any atom is -0.0902 e. The predicted octanol–water partition coefficient (Wildman–Crippen LogP) is 5.01. The summed E-state index contributed by atoms with van der Waals surface area (Å²) in [5, 5.41) is 4.83. The molecule has 1 heterocycles. The van der Waals surface area contributed by atoms with Crippen molar-refractivity contribution in [2.24, 2.45) is 11.0 Å². The Morgan fingerprint density at radius 3 is 1.73 bits per heavy atom. The molecule has 170 valence electrons. The van der Waals surface area contributed by atoms with Gasteiger partial charge in [-0.05, 0) is 140 Å². The van der Waals surface area contributed by atoms with Crippen molar-refractivity contribution in [3.8, 4) is 0 Å². The Morgan fingerprint density at radius 2 is 1.21 bits per heavy atom. The first-order valence-corrected chi connectivity index (χ1v) is 11.0. The van der Waals surface area contributed by atoms with Crippen molar-refractivity contribution in [2.45, 2.75) is 19.3 Å². The molecular formula is C29H29Fe2N2+. The predicted molar refractivity (Wildman–Crippen MR) is 128 cm³/mol. The molecule has 6 rings (SSSR count). The second-order valence-electron chi connectivity index (χ2n) is 7.82. The summed E-state index contributed by atoms with van der Waals surface area (Å²) in [6.45, 7) is 0. The molecule has 0 saturated heterocycles. The Hall–Kier alpha value is 0.119. The Kier molecular flexibility index (Phi) is 14.2. The molecular weight excluding hydrogens is 488 g/mol. The molecule has 5 saturated carbocycles. The zero-order valence-electron chi connectivity index (χ0n) is 18.8. The van der Waals surface area contributed by atoms with Crippen LogP contribution in [-0.2, 0) is 34.1 Å². The van der Waals surface area contributed by atoms with E-state index in [1.807, 2.05) is 64.2 Å². The topological polar surface area (TPSA) is 15.4 Å². The van der Waals surface area contributed by atoms with Gasteiger partial charge in [0.15, 0.2) is 7.05 Å². The molecule has 0 spiro atoms. The van der Waals surface area contributed by atoms with E-state index in [1.54, 1.807) is 0 Å². The van der Waals surface area contributed by atoms with Gasteiger partial charge in [-0.3, -0.25) is 0 Å². The molecule has 20 radical (unpaired) electrons. The van der Waals surface area contributed by atoms with Gasteiger partial charge in [0.2, 0.25) is 5.71 Å². The van der Waals surface area contributed by atoms with E-state index in [0.717, 1.165) is 6.42 Å². The largest absolute Gasteiger partial charge is 0.219 e. The Bertz CT molecular complexity index is 621. The van der Waals surface area contributed by atoms with Crippen molar-refractivity contribution in [1.29, 1.82) is 0 Å². The van der Waals surface area contributed by atoms with Gasteiger partial charge in [0.1, 0.15) is 5.71 Å². The van der Waals surface area contributed by atoms with Crippen molar-refractivity contribution in [3.05, 3.63) is 139 Å². The molecule has 33 heavy (non-hydrogen) atoms. The van der Waals surface area contributed by atoms with Crippen molar-refractivity contribution in [3.63, 3.8) is 0 Å². The number of nitrogens with zero attached hydrogens (tertiary/aromatic N) is 2. The van der Waals surface area contributed by atoms with Crippen molar-refractivity contribution in [1.82, 2.24) is 0 Å². The smallest absolute Gasteiger partial charge is 0.0902 e. The average molecular weight is 517 g/mol. The zero-order valence-corrected chi connectivity index (χ0v) is 21.0. The molecule has 0 N–H and O–H groups in total. The summed E-state index contributed by atoms with van der Waals surface area (Å²) in [5.41, 5.74) is 4.09. The molecule has 6 aliphatic rings. The van der Waals surface area contributed by atoms with Crippen LogP contribution in [0, 0.1) is 133 Å². The van der Waals surface area contributed by atoms with Crippen molar-refractivity contribution < 1.29 is 38.8 Å². The standard InChI is InChI=1S/C19H19N2.2C5H5.2Fe/c1-21-19-16(13-14-7-2-3-8-14)11-6-12-17(19)18(20-21)15-9-4-5-10-15;2*1-2-4-5-3-1;;/h2-5,7-10,13,17H,6,11-12H2,1H3;2*1-5H;;/q+1;;;;/b16-13+;;;;. The van der Waals surface area contributed by atoms with Crippen LogP contribution in [0.1, 0.15) is 19.3 Å². The number of hydrogen-bond donors (Lipinski definition) is 0. The summed E-state index contributed by atoms with van der Waals surface area (Å²) in [6.07, 6.45) is 43.0. The number of hydrazone groups is 1. The number of fused-ring (bicyclic) bond motifs is 1. The van der Waals surface area contributed by atoms with Crippen LogP contribution in [0.2, 0.25) is 0 Å². The van der Waals surface area contributed by atoms with Gasteiger partial charge in [-0.15, -0.1) is 0 Å². The van der Waals surface area contributed by atoms with Crippen LogP contribution in [0.15, 0.2) is 16.8 Å². The van der Waals surface area contributed by atoms with Gasteiger partial charge in [0.25, 0.3) is 0 Å². The number of rotatable bonds is 2. The van der Waals surface area contributed by atoms with Gasteiger partial charge < -0.3 is 0 Å². The van der Waals surface area contributed by atoms with Gasteiger partial charge in [-0.1, -0.05) is 10.8 Å². The molecule has 5 fully saturated rings. The van der Waals surface area contributed by atoms with Crippen molar-refractivity contribution in [2.75, 3.05) is 7.05 Å². The maximum atomic E-state index is 4.83. The molecule has 0 bridgehead atoms. The summed E-state index contributed by atoms with van der Waals surface area (Å²) in [5.74, 6) is 3.04. The normalized spacial score (nSPS) is 28.3. The third-order valence-electron chi connectivity index (χ3n) is 5.63. The van der Waals surface area contributed by atoms with Crippen LogP contribution in [0.25, 0.3) is 0 Å². The molecule has 0 aromatic rings. The van der Waals surface area contributed by atoms with Crippen LogP contribution in [0.5, 0.6) is 0 Å². The van der Waals surface area contributed by atoms with E-state index in [1.165, 1.54) is 41.7 Å². The summed E-state index contributed by atoms with van der Waals surface area (Å²) in [4.78, 5) is 0. The van der Waals surface area contributed by atoms with E-state index < -0.39 is 0 Å². The minimum absolute atomic E-state index is 0. The molecule has 0 aromatic carbocycles. The van der Waals surface area contributed by atoms with E-state index in [0.29, 0.717) is 5.92 Å². The summed E-state index contributed by atoms with van der Waals surface area (Å²) < 4.78 is 2.10. The van der Waals surface area contributed by atoms with Gasteiger partial charge in [-0.25, -0.2) is 0 Å². The second kappa shape index (κ2) is 16.0. The third kappa shape index (κ3) is 8.63. The second-order valence-corrected chi connectivity index (χ2v) is 7.82. The molecule has 1 unspecified atom stereocenters. The van der Waals surface area contributed by atoms with Crippen molar-refractivity contribution >= 4 is 11.4 Å². The van der Waals surface area contributed by atoms with Crippen LogP contribution >= 0.6 is 0 Å². The summed E-state index contributed by atoms with van der Waals surface area (Å²) in [6, 6.07) is 0. The Balaban J connectivity index is 0.000000267. The van der Waals surface area contributed by atoms with Gasteiger partial charge in [0, 0.05) is 51.5 Å². The van der Waals surface area contributed by atoms with E-state index in [-0.39, 0.29) is 34.1 Å². The van der Waals surface area contributed by atoms with E-state index in [9.17, 15) is 0 Å². The quantitative estimate of drug-likeness (QED) is 0.362. The molecule has 0 amide bonds. The average Bonchev–Trinajstić information content (AvgIpc) is 3.63. The first kappa shape index (κ1) is 29.3. The maximum Gasteiger partial charge on any atom is 0.219 e. The zero-order chi connectivity index (χ0) is 21.3. The van der Waals surface area contributed by atoms with Crippen LogP contribution in [0.4, 0.5) is 0 Å². The Labute approximate surface area is 225 Å². The van der Waals surface area contributed by atoms with E-state index in [2.05, 4.69) is 69.2 Å². The molecule has 1 aliphatic heterocycles.